The predicted octanol–water partition coefficient (Wildman–Crippen LogP) is 13.7. The van der Waals surface area contributed by atoms with E-state index in [1.54, 1.807) is 163 Å². The molecule has 0 radical (unpaired) electrons. The van der Waals surface area contributed by atoms with Gasteiger partial charge in [0.1, 0.15) is 62.5 Å². The maximum Gasteiger partial charge on any atom is 0.407 e. The van der Waals surface area contributed by atoms with Crippen LogP contribution in [0.25, 0.3) is 43.6 Å². The van der Waals surface area contributed by atoms with Crippen LogP contribution in [0.5, 0.6) is 23.0 Å². The van der Waals surface area contributed by atoms with Crippen LogP contribution in [-0.4, -0.2) is 168 Å². The first-order valence-electron chi connectivity index (χ1n) is 37.9. The Hall–Kier alpha value is -12.4. The summed E-state index contributed by atoms with van der Waals surface area (Å²) in [4.78, 5) is 156. The van der Waals surface area contributed by atoms with Gasteiger partial charge in [0.05, 0.1) is 83.8 Å². The Bertz CT molecular complexity index is 5080. The number of hydrogen-bond donors (Lipinski definition) is 8. The Morgan fingerprint density at radius 2 is 0.678 bits per heavy atom. The van der Waals surface area contributed by atoms with Crippen LogP contribution >= 0.6 is 0 Å². The second kappa shape index (κ2) is 34.9. The number of rotatable bonds is 29. The molecule has 0 spiro atoms. The van der Waals surface area contributed by atoms with Gasteiger partial charge in [-0.05, 0) is 177 Å². The van der Waals surface area contributed by atoms with Gasteiger partial charge in [0.25, 0.3) is 23.6 Å². The molecule has 5 heterocycles. The number of nitrogens with zero attached hydrogens (tertiary/aromatic N) is 4. The van der Waals surface area contributed by atoms with Gasteiger partial charge in [0.2, 0.25) is 0 Å². The highest BCUT2D eigenvalue weighted by atomic mass is 16.6. The minimum atomic E-state index is -1.53. The van der Waals surface area contributed by atoms with E-state index in [2.05, 4.69) is 47.5 Å². The van der Waals surface area contributed by atoms with Gasteiger partial charge in [-0.3, -0.25) is 24.0 Å². The summed E-state index contributed by atoms with van der Waals surface area (Å²) < 4.78 is 58.0. The van der Waals surface area contributed by atoms with Crippen molar-refractivity contribution in [3.8, 4) is 23.0 Å². The van der Waals surface area contributed by atoms with Gasteiger partial charge < -0.3 is 89.9 Å². The zero-order valence-corrected chi connectivity index (χ0v) is 67.6. The van der Waals surface area contributed by atoms with Gasteiger partial charge in [-0.1, -0.05) is 38.1 Å². The number of carbonyl (C=O) groups excluding carboxylic acids is 10. The highest BCUT2D eigenvalue weighted by Crippen LogP contribution is 2.66. The standard InChI is InChI=1S/C83H100N12O20/c1-77(2,3)112-73(102)84-35-21-39-107-59-43-55(88-64-47(59)26-18-30-52(64)93-69(98)57-45-61(109-41-23-37-86-75(104)114-79(7,8)9)49-28-20-32-54(66(49)90-57)95-71(100)83-34-33-82(15,72(101)111-83)81(83,13)14)67(96)92-51-29-17-25-48-60(108-40-22-36-85-74(103)113-78(4,5)6)44-56(89-63(48)51)68(97)94-53-31-19-27-50-62(46-58(70(99)106-16)91-65(50)53)110-42-24-38-87-76(105)115-80(10,11)12/h17-20,25-32,43-46H,21-24,33-42H2,1-16H3,(H,84,102)(H,85,103)(H,86,104)(H,87,105)(H,92,96)(H,93,98)(H,94,97)(H,95,100)/t82-,83+/m0/s1. The number of amides is 8. The highest BCUT2D eigenvalue weighted by Gasteiger charge is 2.75. The van der Waals surface area contributed by atoms with Gasteiger partial charge in [0, 0.05) is 77.4 Å². The largest absolute Gasteiger partial charge is 0.493 e. The molecule has 1 saturated heterocycles. The number of methoxy groups -OCH3 is 1. The molecular formula is C83H100N12O20. The third kappa shape index (κ3) is 20.9. The van der Waals surface area contributed by atoms with Crippen molar-refractivity contribution in [2.75, 3.05) is 81.0 Å². The average Bonchev–Trinajstić information content (AvgIpc) is 1.52. The number of nitrogens with one attached hydrogen (secondary N) is 8. The van der Waals surface area contributed by atoms with Crippen LogP contribution in [0.3, 0.4) is 0 Å². The molecule has 32 heteroatoms. The second-order valence-corrected chi connectivity index (χ2v) is 32.3. The van der Waals surface area contributed by atoms with E-state index in [9.17, 15) is 38.4 Å². The molecular weight excluding hydrogens is 1480 g/mol. The molecule has 4 aromatic heterocycles. The van der Waals surface area contributed by atoms with Crippen molar-refractivity contribution in [2.24, 2.45) is 10.8 Å². The van der Waals surface area contributed by atoms with Crippen molar-refractivity contribution in [1.82, 2.24) is 41.2 Å². The molecule has 0 unspecified atom stereocenters. The maximum atomic E-state index is 15.3. The van der Waals surface area contributed by atoms with Crippen molar-refractivity contribution in [1.29, 1.82) is 0 Å². The molecule has 2 atom stereocenters. The zero-order valence-electron chi connectivity index (χ0n) is 67.6. The van der Waals surface area contributed by atoms with Gasteiger partial charge in [-0.25, -0.2) is 43.9 Å². The Morgan fingerprint density at radius 1 is 0.400 bits per heavy atom. The lowest BCUT2D eigenvalue weighted by Gasteiger charge is -2.35. The maximum absolute atomic E-state index is 15.3. The van der Waals surface area contributed by atoms with E-state index in [4.69, 9.17) is 62.3 Å². The zero-order chi connectivity index (χ0) is 83.6. The van der Waals surface area contributed by atoms with E-state index >= 15 is 9.59 Å². The summed E-state index contributed by atoms with van der Waals surface area (Å²) in [6.45, 7) is 27.1. The molecule has 8 amide bonds. The summed E-state index contributed by atoms with van der Waals surface area (Å²) in [5.74, 6) is -3.61. The summed E-state index contributed by atoms with van der Waals surface area (Å²) in [6, 6.07) is 25.2. The lowest BCUT2D eigenvalue weighted by atomic mass is 9.66. The molecule has 4 aromatic carbocycles. The van der Waals surface area contributed by atoms with E-state index in [-0.39, 0.29) is 162 Å². The first-order valence-corrected chi connectivity index (χ1v) is 37.9. The minimum Gasteiger partial charge on any atom is -0.493 e. The third-order valence-corrected chi connectivity index (χ3v) is 18.7. The molecule has 2 aliphatic rings. The molecule has 8 aromatic rings. The second-order valence-electron chi connectivity index (χ2n) is 32.3. The smallest absolute Gasteiger partial charge is 0.407 e. The fourth-order valence-corrected chi connectivity index (χ4v) is 12.9. The van der Waals surface area contributed by atoms with Crippen LogP contribution in [0, 0.1) is 10.8 Å². The number of benzene rings is 4. The van der Waals surface area contributed by atoms with Crippen molar-refractivity contribution in [3.05, 3.63) is 120 Å². The minimum absolute atomic E-state index is 0.00386. The van der Waals surface area contributed by atoms with Crippen LogP contribution < -0.4 is 61.5 Å². The Balaban J connectivity index is 0.996. The quantitative estimate of drug-likeness (QED) is 0.0123. The van der Waals surface area contributed by atoms with Gasteiger partial charge in [-0.2, -0.15) is 0 Å². The average molecular weight is 1590 g/mol. The Kier molecular flexibility index (Phi) is 25.8. The molecule has 8 N–H and O–H groups in total. The Morgan fingerprint density at radius 3 is 0.939 bits per heavy atom. The van der Waals surface area contributed by atoms with Crippen LogP contribution in [-0.2, 0) is 38.0 Å². The van der Waals surface area contributed by atoms with Crippen molar-refractivity contribution < 1.29 is 95.3 Å². The van der Waals surface area contributed by atoms with Gasteiger partial charge in [0.15, 0.2) is 11.3 Å². The predicted molar refractivity (Wildman–Crippen MR) is 428 cm³/mol. The number of ether oxygens (including phenoxy) is 10. The number of esters is 2. The van der Waals surface area contributed by atoms with Gasteiger partial charge in [-0.15, -0.1) is 0 Å². The Labute approximate surface area is 664 Å². The van der Waals surface area contributed by atoms with Crippen molar-refractivity contribution >= 4 is 126 Å². The first-order chi connectivity index (χ1) is 54.1. The lowest BCUT2D eigenvalue weighted by Crippen LogP contribution is -2.50. The molecule has 2 fully saturated rings. The molecule has 115 heavy (non-hydrogen) atoms. The van der Waals surface area contributed by atoms with E-state index in [1.807, 2.05) is 13.8 Å². The summed E-state index contributed by atoms with van der Waals surface area (Å²) in [7, 11) is 1.19. The summed E-state index contributed by atoms with van der Waals surface area (Å²) in [6.07, 6.45) is -0.662. The van der Waals surface area contributed by atoms with Crippen LogP contribution in [0.4, 0.5) is 41.9 Å². The SMILES string of the molecule is COC(=O)c1cc(OCCCNC(=O)OC(C)(C)C)c2cccc(NC(=O)c3cc(OCCCNC(=O)OC(C)(C)C)c4cccc(NC(=O)c5cc(OCCCNC(=O)OC(C)(C)C)c6cccc(NC(=O)c7cc(OCCCNC(=O)OC(C)(C)C)c8cccc(NC(=O)[C@@]9%10CC[C@@](C)(C(=O)O9)C%10(C)C)c8n7)c6n5)c4n3)c2n1. The number of pyridine rings is 4. The van der Waals surface area contributed by atoms with Crippen molar-refractivity contribution in [3.63, 3.8) is 0 Å². The molecule has 10 rings (SSSR count). The fourth-order valence-electron chi connectivity index (χ4n) is 12.9. The van der Waals surface area contributed by atoms with Gasteiger partial charge >= 0.3 is 36.3 Å². The van der Waals surface area contributed by atoms with Crippen LogP contribution in [0.1, 0.15) is 184 Å². The first kappa shape index (κ1) is 85.1. The lowest BCUT2D eigenvalue weighted by molar-refractivity contribution is -0.165. The molecule has 2 bridgehead atoms. The van der Waals surface area contributed by atoms with E-state index in [0.29, 0.717) is 40.8 Å². The molecule has 1 aliphatic carbocycles. The summed E-state index contributed by atoms with van der Waals surface area (Å²) in [5, 5.41) is 24.0. The number of alkyl carbamates (subject to hydrolysis) is 4. The molecule has 1 aliphatic heterocycles. The number of carbonyl (C=O) groups is 10. The number of anilines is 4. The molecule has 612 valence electrons. The van der Waals surface area contributed by atoms with E-state index < -0.39 is 98.8 Å². The third-order valence-electron chi connectivity index (χ3n) is 18.7. The van der Waals surface area contributed by atoms with E-state index in [1.165, 1.54) is 31.4 Å². The monoisotopic (exact) mass is 1580 g/mol. The van der Waals surface area contributed by atoms with Crippen LogP contribution in [0.15, 0.2) is 97.1 Å². The highest BCUT2D eigenvalue weighted by molar-refractivity contribution is 6.15. The van der Waals surface area contributed by atoms with Crippen molar-refractivity contribution in [2.45, 2.75) is 170 Å². The number of fused-ring (bicyclic) bond motifs is 6. The normalized spacial score (nSPS) is 15.7. The summed E-state index contributed by atoms with van der Waals surface area (Å²) >= 11 is 0. The number of hydrogen-bond acceptors (Lipinski definition) is 24. The fraction of sp³-hybridized carbons (Fsp3) is 0.446. The molecule has 1 saturated carbocycles. The number of aromatic nitrogens is 4. The topological polar surface area (TPSA) is 411 Å². The van der Waals surface area contributed by atoms with Crippen LogP contribution in [0.2, 0.25) is 0 Å². The van der Waals surface area contributed by atoms with E-state index in [0.717, 1.165) is 0 Å². The molecule has 32 nitrogen and oxygen atoms in total. The summed E-state index contributed by atoms with van der Waals surface area (Å²) in [5.41, 5.74) is -6.31. The number of para-hydroxylation sites is 4.